The van der Waals surface area contributed by atoms with Crippen molar-refractivity contribution in [1.29, 1.82) is 0 Å². The summed E-state index contributed by atoms with van der Waals surface area (Å²) >= 11 is 5.32. The molecule has 0 aliphatic rings. The summed E-state index contributed by atoms with van der Waals surface area (Å²) in [5.74, 6) is 0.889. The van der Waals surface area contributed by atoms with Crippen molar-refractivity contribution >= 4 is 32.9 Å². The third-order valence-corrected chi connectivity index (χ3v) is 2.57. The zero-order valence-corrected chi connectivity index (χ0v) is 10.3. The van der Waals surface area contributed by atoms with Crippen LogP contribution in [-0.2, 0) is 15.1 Å². The van der Waals surface area contributed by atoms with Gasteiger partial charge in [0.05, 0.1) is 11.0 Å². The van der Waals surface area contributed by atoms with E-state index in [0.717, 1.165) is 21.9 Å². The summed E-state index contributed by atoms with van der Waals surface area (Å²) < 4.78 is 0. The summed E-state index contributed by atoms with van der Waals surface area (Å²) in [5, 5.41) is 0.959. The quantitative estimate of drug-likeness (QED) is 0.532. The molecule has 0 spiro atoms. The van der Waals surface area contributed by atoms with Crippen LogP contribution in [0.15, 0.2) is 42.1 Å². The van der Waals surface area contributed by atoms with E-state index in [0.29, 0.717) is 0 Å². The molecule has 0 amide bonds. The number of rotatable bonds is 3. The van der Waals surface area contributed by atoms with E-state index in [-0.39, 0.29) is 0 Å². The van der Waals surface area contributed by atoms with Gasteiger partial charge < -0.3 is 4.98 Å². The summed E-state index contributed by atoms with van der Waals surface area (Å²) in [6, 6.07) is 8.03. The van der Waals surface area contributed by atoms with Crippen LogP contribution in [0.3, 0.4) is 0 Å². The number of nitrogens with one attached hydrogen (secondary N) is 1. The first-order chi connectivity index (χ1) is 7.40. The van der Waals surface area contributed by atoms with Crippen molar-refractivity contribution in [2.75, 3.05) is 5.75 Å². The van der Waals surface area contributed by atoms with Gasteiger partial charge in [-0.1, -0.05) is 30.0 Å². The number of nitrogens with zero attached hydrogens (tertiary/aromatic N) is 1. The van der Waals surface area contributed by atoms with Gasteiger partial charge >= 0.3 is 25.2 Å². The maximum absolute atomic E-state index is 4.41. The Morgan fingerprint density at radius 2 is 2.20 bits per heavy atom. The summed E-state index contributed by atoms with van der Waals surface area (Å²) in [7, 11) is 4.20. The van der Waals surface area contributed by atoms with Gasteiger partial charge in [-0.15, -0.1) is 6.58 Å². The van der Waals surface area contributed by atoms with E-state index in [9.17, 15) is 0 Å². The monoisotopic (exact) mass is 288 g/mol. The van der Waals surface area contributed by atoms with E-state index in [4.69, 9.17) is 0 Å². The van der Waals surface area contributed by atoms with E-state index >= 15 is 0 Å². The molecule has 2 rings (SSSR count). The van der Waals surface area contributed by atoms with Crippen LogP contribution in [0.4, 0.5) is 0 Å². The molecule has 1 aromatic heterocycles. The third kappa shape index (κ3) is 3.58. The van der Waals surface area contributed by atoms with Gasteiger partial charge in [0.2, 0.25) is 0 Å². The van der Waals surface area contributed by atoms with Crippen LogP contribution in [0.25, 0.3) is 11.0 Å². The van der Waals surface area contributed by atoms with Gasteiger partial charge in [-0.3, -0.25) is 0 Å². The SMILES string of the molecule is C=CCSc1nc2ccccc2[nH]1.[Cl][Cu]. The Hall–Kier alpha value is -0.411. The molecule has 1 heterocycles. The van der Waals surface area contributed by atoms with E-state index in [1.54, 1.807) is 11.8 Å². The Kier molecular flexibility index (Phi) is 5.87. The zero-order chi connectivity index (χ0) is 11.1. The molecule has 0 radical (unpaired) electrons. The number of hydrogen-bond acceptors (Lipinski definition) is 2. The molecular formula is C10H10ClCuN2S. The number of para-hydroxylation sites is 2. The average molecular weight is 289 g/mol. The van der Waals surface area contributed by atoms with Gasteiger partial charge in [0.1, 0.15) is 0 Å². The summed E-state index contributed by atoms with van der Waals surface area (Å²) in [6.07, 6.45) is 1.87. The molecule has 0 saturated carbocycles. The second-order valence-electron chi connectivity index (χ2n) is 2.66. The van der Waals surface area contributed by atoms with Crippen molar-refractivity contribution in [2.45, 2.75) is 5.16 Å². The molecule has 2 nitrogen and oxygen atoms in total. The molecule has 0 bridgehead atoms. The molecular weight excluding hydrogens is 279 g/mol. The summed E-state index contributed by atoms with van der Waals surface area (Å²) in [4.78, 5) is 7.64. The first-order valence-electron chi connectivity index (χ1n) is 4.20. The van der Waals surface area contributed by atoms with E-state index < -0.39 is 0 Å². The number of thioether (sulfide) groups is 1. The minimum atomic E-state index is 0.889. The number of halogens is 1. The second kappa shape index (κ2) is 6.96. The molecule has 5 heteroatoms. The molecule has 0 fully saturated rings. The number of fused-ring (bicyclic) bond motifs is 1. The number of hydrogen-bond donors (Lipinski definition) is 1. The Morgan fingerprint density at radius 1 is 1.47 bits per heavy atom. The van der Waals surface area contributed by atoms with Gasteiger partial charge in [0, 0.05) is 5.75 Å². The standard InChI is InChI=1S/C10H10N2S.ClH.Cu/c1-2-7-13-10-11-8-5-3-4-6-9(8)12-10;;/h2-6H,1,7H2,(H,11,12);1H;/q;;+1/p-1. The number of benzene rings is 1. The fraction of sp³-hybridized carbons (Fsp3) is 0.100. The molecule has 0 aliphatic heterocycles. The van der Waals surface area contributed by atoms with Crippen LogP contribution in [-0.4, -0.2) is 15.7 Å². The predicted molar refractivity (Wildman–Crippen MR) is 62.9 cm³/mol. The Labute approximate surface area is 106 Å². The molecule has 15 heavy (non-hydrogen) atoms. The van der Waals surface area contributed by atoms with Crippen LogP contribution in [0, 0.1) is 0 Å². The van der Waals surface area contributed by atoms with Crippen LogP contribution < -0.4 is 0 Å². The Balaban J connectivity index is 0.000000531. The van der Waals surface area contributed by atoms with Gasteiger partial charge in [-0.25, -0.2) is 4.98 Å². The predicted octanol–water partition coefficient (Wildman–Crippen LogP) is 3.53. The summed E-state index contributed by atoms with van der Waals surface area (Å²) in [6.45, 7) is 3.67. The van der Waals surface area contributed by atoms with Crippen LogP contribution in [0.2, 0.25) is 0 Å². The van der Waals surface area contributed by atoms with Gasteiger partial charge in [0.15, 0.2) is 5.16 Å². The maximum atomic E-state index is 4.41. The fourth-order valence-electron chi connectivity index (χ4n) is 1.14. The Bertz CT molecular complexity index is 397. The van der Waals surface area contributed by atoms with Gasteiger partial charge in [-0.05, 0) is 12.1 Å². The molecule has 0 saturated heterocycles. The van der Waals surface area contributed by atoms with Crippen molar-refractivity contribution in [1.82, 2.24) is 9.97 Å². The van der Waals surface area contributed by atoms with E-state index in [1.165, 1.54) is 0 Å². The van der Waals surface area contributed by atoms with Crippen molar-refractivity contribution in [3.8, 4) is 0 Å². The van der Waals surface area contributed by atoms with Crippen molar-refractivity contribution in [3.63, 3.8) is 0 Å². The normalized spacial score (nSPS) is 9.53. The molecule has 2 aromatic rings. The molecule has 0 unspecified atom stereocenters. The van der Waals surface area contributed by atoms with Crippen molar-refractivity contribution in [2.24, 2.45) is 0 Å². The fourth-order valence-corrected chi connectivity index (χ4v) is 1.76. The first kappa shape index (κ1) is 12.7. The number of imidazole rings is 1. The van der Waals surface area contributed by atoms with Crippen LogP contribution in [0.1, 0.15) is 0 Å². The van der Waals surface area contributed by atoms with Crippen LogP contribution in [0.5, 0.6) is 0 Å². The zero-order valence-electron chi connectivity index (χ0n) is 7.84. The van der Waals surface area contributed by atoms with Gasteiger partial charge in [-0.2, -0.15) is 0 Å². The summed E-state index contributed by atoms with van der Waals surface area (Å²) in [5.41, 5.74) is 2.11. The number of H-pyrrole nitrogens is 1. The second-order valence-corrected chi connectivity index (χ2v) is 3.67. The van der Waals surface area contributed by atoms with E-state index in [1.807, 2.05) is 30.3 Å². The number of aromatic amines is 1. The minimum absolute atomic E-state index is 0.889. The van der Waals surface area contributed by atoms with Gasteiger partial charge in [0.25, 0.3) is 0 Å². The topological polar surface area (TPSA) is 28.7 Å². The average Bonchev–Trinajstić information content (AvgIpc) is 2.71. The molecule has 84 valence electrons. The first-order valence-corrected chi connectivity index (χ1v) is 6.48. The number of aromatic nitrogens is 2. The third-order valence-electron chi connectivity index (χ3n) is 1.71. The van der Waals surface area contributed by atoms with Crippen molar-refractivity contribution < 1.29 is 15.1 Å². The van der Waals surface area contributed by atoms with E-state index in [2.05, 4.69) is 41.7 Å². The molecule has 1 aromatic carbocycles. The van der Waals surface area contributed by atoms with Crippen LogP contribution >= 0.6 is 21.9 Å². The molecule has 0 atom stereocenters. The molecule has 0 aliphatic carbocycles. The van der Waals surface area contributed by atoms with Crippen molar-refractivity contribution in [3.05, 3.63) is 36.9 Å². The Morgan fingerprint density at radius 3 is 2.87 bits per heavy atom. The molecule has 1 N–H and O–H groups in total.